The summed E-state index contributed by atoms with van der Waals surface area (Å²) in [4.78, 5) is 22.0. The smallest absolute Gasteiger partial charge is 0.270 e. The van der Waals surface area contributed by atoms with E-state index in [-0.39, 0.29) is 18.1 Å². The lowest BCUT2D eigenvalue weighted by Gasteiger charge is -2.07. The molecule has 2 aromatic carbocycles. The summed E-state index contributed by atoms with van der Waals surface area (Å²) in [6.45, 7) is 4.05. The predicted octanol–water partition coefficient (Wildman–Crippen LogP) is 3.43. The molecular formula is C17H17ClN4O3. The topological polar surface area (TPSA) is 96.6 Å². The third-order valence-electron chi connectivity index (χ3n) is 3.54. The molecule has 0 spiro atoms. The Morgan fingerprint density at radius 1 is 1.24 bits per heavy atom. The largest absolute Gasteiger partial charge is 0.376 e. The standard InChI is InChI=1S/C17H17ClN4O3/c1-11-3-4-14(7-12(11)2)19-10-17(23)21-20-9-13-8-15(22(24)25)5-6-16(13)18/h3-9,19H,10H2,1-2H3,(H,21,23)/b20-9+. The second-order valence-electron chi connectivity index (χ2n) is 5.41. The first-order chi connectivity index (χ1) is 11.9. The molecule has 2 aromatic rings. The van der Waals surface area contributed by atoms with E-state index in [0.717, 1.165) is 11.3 Å². The molecule has 0 aliphatic rings. The van der Waals surface area contributed by atoms with Crippen molar-refractivity contribution in [1.82, 2.24) is 5.43 Å². The zero-order valence-corrected chi connectivity index (χ0v) is 14.5. The molecule has 130 valence electrons. The molecule has 1 amide bonds. The van der Waals surface area contributed by atoms with Crippen molar-refractivity contribution in [1.29, 1.82) is 0 Å². The maximum Gasteiger partial charge on any atom is 0.270 e. The molecule has 0 fully saturated rings. The maximum atomic E-state index is 11.8. The maximum absolute atomic E-state index is 11.8. The van der Waals surface area contributed by atoms with Crippen LogP contribution in [0.3, 0.4) is 0 Å². The van der Waals surface area contributed by atoms with Crippen molar-refractivity contribution in [2.24, 2.45) is 5.10 Å². The molecule has 25 heavy (non-hydrogen) atoms. The van der Waals surface area contributed by atoms with Crippen LogP contribution in [0.5, 0.6) is 0 Å². The van der Waals surface area contributed by atoms with Crippen LogP contribution < -0.4 is 10.7 Å². The van der Waals surface area contributed by atoms with E-state index in [0.29, 0.717) is 10.6 Å². The van der Waals surface area contributed by atoms with Gasteiger partial charge in [0, 0.05) is 28.4 Å². The Kier molecular flexibility index (Phi) is 6.08. The number of amides is 1. The van der Waals surface area contributed by atoms with Crippen molar-refractivity contribution in [3.8, 4) is 0 Å². The van der Waals surface area contributed by atoms with Gasteiger partial charge >= 0.3 is 0 Å². The number of nitrogens with zero attached hydrogens (tertiary/aromatic N) is 2. The van der Waals surface area contributed by atoms with Crippen molar-refractivity contribution in [3.05, 3.63) is 68.2 Å². The molecule has 2 N–H and O–H groups in total. The summed E-state index contributed by atoms with van der Waals surface area (Å²) < 4.78 is 0. The van der Waals surface area contributed by atoms with Crippen molar-refractivity contribution >= 4 is 35.1 Å². The number of carbonyl (C=O) groups is 1. The molecule has 0 heterocycles. The van der Waals surface area contributed by atoms with Gasteiger partial charge in [0.2, 0.25) is 0 Å². The van der Waals surface area contributed by atoms with Gasteiger partial charge in [-0.25, -0.2) is 5.43 Å². The van der Waals surface area contributed by atoms with Gasteiger partial charge in [0.1, 0.15) is 0 Å². The highest BCUT2D eigenvalue weighted by molar-refractivity contribution is 6.33. The number of carbonyl (C=O) groups excluding carboxylic acids is 1. The molecule has 0 unspecified atom stereocenters. The molecule has 0 aliphatic carbocycles. The molecule has 0 saturated heterocycles. The number of nitro groups is 1. The number of nitrogens with one attached hydrogen (secondary N) is 2. The van der Waals surface area contributed by atoms with E-state index in [2.05, 4.69) is 15.8 Å². The molecule has 0 saturated carbocycles. The van der Waals surface area contributed by atoms with Gasteiger partial charge in [-0.15, -0.1) is 0 Å². The van der Waals surface area contributed by atoms with Crippen LogP contribution in [-0.4, -0.2) is 23.6 Å². The van der Waals surface area contributed by atoms with E-state index < -0.39 is 4.92 Å². The van der Waals surface area contributed by atoms with Crippen molar-refractivity contribution in [2.45, 2.75) is 13.8 Å². The number of halogens is 1. The Labute approximate surface area is 149 Å². The van der Waals surface area contributed by atoms with Gasteiger partial charge in [0.05, 0.1) is 17.7 Å². The highest BCUT2D eigenvalue weighted by Crippen LogP contribution is 2.20. The Hall–Kier alpha value is -2.93. The lowest BCUT2D eigenvalue weighted by atomic mass is 10.1. The monoisotopic (exact) mass is 360 g/mol. The summed E-state index contributed by atoms with van der Waals surface area (Å²) >= 11 is 5.95. The summed E-state index contributed by atoms with van der Waals surface area (Å²) in [6, 6.07) is 9.80. The van der Waals surface area contributed by atoms with Crippen LogP contribution in [0.25, 0.3) is 0 Å². The number of aryl methyl sites for hydroxylation is 2. The minimum Gasteiger partial charge on any atom is -0.376 e. The van der Waals surface area contributed by atoms with Crippen LogP contribution in [0.4, 0.5) is 11.4 Å². The van der Waals surface area contributed by atoms with Gasteiger partial charge < -0.3 is 5.32 Å². The minimum absolute atomic E-state index is 0.0442. The summed E-state index contributed by atoms with van der Waals surface area (Å²) in [5, 5.41) is 17.8. The fourth-order valence-electron chi connectivity index (χ4n) is 1.99. The van der Waals surface area contributed by atoms with Crippen LogP contribution in [-0.2, 0) is 4.79 Å². The molecule has 8 heteroatoms. The first-order valence-corrected chi connectivity index (χ1v) is 7.81. The molecule has 0 atom stereocenters. The minimum atomic E-state index is -0.528. The molecule has 0 bridgehead atoms. The lowest BCUT2D eigenvalue weighted by Crippen LogP contribution is -2.25. The summed E-state index contributed by atoms with van der Waals surface area (Å²) in [5.41, 5.74) is 5.73. The number of non-ortho nitro benzene ring substituents is 1. The molecule has 7 nitrogen and oxygen atoms in total. The predicted molar refractivity (Wildman–Crippen MR) is 98.2 cm³/mol. The Morgan fingerprint density at radius 2 is 2.00 bits per heavy atom. The second kappa shape index (κ2) is 8.25. The molecule has 0 aliphatic heterocycles. The van der Waals surface area contributed by atoms with E-state index in [1.165, 1.54) is 30.0 Å². The van der Waals surface area contributed by atoms with Crippen LogP contribution in [0.1, 0.15) is 16.7 Å². The van der Waals surface area contributed by atoms with Gasteiger partial charge in [-0.2, -0.15) is 5.10 Å². The molecule has 0 aromatic heterocycles. The number of hydrogen-bond donors (Lipinski definition) is 2. The van der Waals surface area contributed by atoms with E-state index >= 15 is 0 Å². The number of rotatable bonds is 6. The fraction of sp³-hybridized carbons (Fsp3) is 0.176. The first kappa shape index (κ1) is 18.4. The van der Waals surface area contributed by atoms with Crippen LogP contribution in [0.2, 0.25) is 5.02 Å². The fourth-order valence-corrected chi connectivity index (χ4v) is 2.16. The van der Waals surface area contributed by atoms with Crippen molar-refractivity contribution < 1.29 is 9.72 Å². The zero-order chi connectivity index (χ0) is 18.4. The average Bonchev–Trinajstić information content (AvgIpc) is 2.57. The highest BCUT2D eigenvalue weighted by Gasteiger charge is 2.08. The first-order valence-electron chi connectivity index (χ1n) is 7.44. The van der Waals surface area contributed by atoms with E-state index in [9.17, 15) is 14.9 Å². The third-order valence-corrected chi connectivity index (χ3v) is 3.89. The van der Waals surface area contributed by atoms with Gasteiger partial charge in [-0.3, -0.25) is 14.9 Å². The Bertz CT molecular complexity index is 837. The number of hydrazone groups is 1. The second-order valence-corrected chi connectivity index (χ2v) is 5.82. The van der Waals surface area contributed by atoms with Gasteiger partial charge in [0.15, 0.2) is 0 Å². The molecule has 0 radical (unpaired) electrons. The number of benzene rings is 2. The van der Waals surface area contributed by atoms with E-state index in [1.54, 1.807) is 0 Å². The number of anilines is 1. The quantitative estimate of drug-likeness (QED) is 0.468. The lowest BCUT2D eigenvalue weighted by molar-refractivity contribution is -0.384. The van der Waals surface area contributed by atoms with Crippen LogP contribution in [0, 0.1) is 24.0 Å². The van der Waals surface area contributed by atoms with Crippen LogP contribution >= 0.6 is 11.6 Å². The summed E-state index contributed by atoms with van der Waals surface area (Å²) in [7, 11) is 0. The Balaban J connectivity index is 1.91. The zero-order valence-electron chi connectivity index (χ0n) is 13.7. The number of nitro benzene ring substituents is 1. The Morgan fingerprint density at radius 3 is 2.68 bits per heavy atom. The average molecular weight is 361 g/mol. The van der Waals surface area contributed by atoms with E-state index in [4.69, 9.17) is 11.6 Å². The number of hydrogen-bond acceptors (Lipinski definition) is 5. The summed E-state index contributed by atoms with van der Waals surface area (Å²) in [6.07, 6.45) is 1.27. The molecular weight excluding hydrogens is 344 g/mol. The highest BCUT2D eigenvalue weighted by atomic mass is 35.5. The van der Waals surface area contributed by atoms with Gasteiger partial charge in [-0.1, -0.05) is 17.7 Å². The summed E-state index contributed by atoms with van der Waals surface area (Å²) in [5.74, 6) is -0.351. The van der Waals surface area contributed by atoms with E-state index in [1.807, 2.05) is 32.0 Å². The normalized spacial score (nSPS) is 10.7. The van der Waals surface area contributed by atoms with Crippen molar-refractivity contribution in [2.75, 3.05) is 11.9 Å². The third kappa shape index (κ3) is 5.29. The van der Waals surface area contributed by atoms with Crippen LogP contribution in [0.15, 0.2) is 41.5 Å². The molecule has 2 rings (SSSR count). The van der Waals surface area contributed by atoms with Gasteiger partial charge in [0.25, 0.3) is 11.6 Å². The SMILES string of the molecule is Cc1ccc(NCC(=O)N/N=C/c2cc([N+](=O)[O-])ccc2Cl)cc1C. The van der Waals surface area contributed by atoms with Crippen molar-refractivity contribution in [3.63, 3.8) is 0 Å². The van der Waals surface area contributed by atoms with Gasteiger partial charge in [-0.05, 0) is 43.2 Å².